The molecule has 1 fully saturated rings. The Balaban J connectivity index is 1.93. The summed E-state index contributed by atoms with van der Waals surface area (Å²) in [5.41, 5.74) is 7.35. The molecule has 17 heavy (non-hydrogen) atoms. The molecule has 2 N–H and O–H groups in total. The number of fused-ring (bicyclic) bond motifs is 1. The molecule has 1 aromatic rings. The molecule has 1 aliphatic carbocycles. The SMILES string of the molecule is COc1ccc2c(c1)OC1(CC(C)C1)C[C@H]2N. The molecule has 0 aromatic heterocycles. The monoisotopic (exact) mass is 233 g/mol. The highest BCUT2D eigenvalue weighted by Gasteiger charge is 2.48. The van der Waals surface area contributed by atoms with Gasteiger partial charge in [0.2, 0.25) is 0 Å². The normalized spacial score (nSPS) is 34.8. The molecule has 1 saturated carbocycles. The van der Waals surface area contributed by atoms with Gasteiger partial charge in [-0.25, -0.2) is 0 Å². The van der Waals surface area contributed by atoms with Gasteiger partial charge in [0.1, 0.15) is 17.1 Å². The third kappa shape index (κ3) is 1.69. The Morgan fingerprint density at radius 2 is 2.12 bits per heavy atom. The summed E-state index contributed by atoms with van der Waals surface area (Å²) in [7, 11) is 1.67. The van der Waals surface area contributed by atoms with Crippen LogP contribution in [-0.4, -0.2) is 12.7 Å². The Morgan fingerprint density at radius 1 is 1.35 bits per heavy atom. The lowest BCUT2D eigenvalue weighted by atomic mass is 9.67. The molecule has 0 saturated heterocycles. The molecule has 1 heterocycles. The maximum absolute atomic E-state index is 6.25. The summed E-state index contributed by atoms with van der Waals surface area (Å²) in [5.74, 6) is 2.50. The zero-order chi connectivity index (χ0) is 12.0. The largest absolute Gasteiger partial charge is 0.497 e. The smallest absolute Gasteiger partial charge is 0.128 e. The number of ether oxygens (including phenoxy) is 2. The Bertz CT molecular complexity index is 438. The summed E-state index contributed by atoms with van der Waals surface area (Å²) in [6.07, 6.45) is 3.19. The minimum Gasteiger partial charge on any atom is -0.497 e. The molecule has 1 atom stereocenters. The molecule has 3 rings (SSSR count). The van der Waals surface area contributed by atoms with Gasteiger partial charge in [-0.15, -0.1) is 0 Å². The van der Waals surface area contributed by atoms with Gasteiger partial charge in [-0.2, -0.15) is 0 Å². The van der Waals surface area contributed by atoms with Gasteiger partial charge in [-0.3, -0.25) is 0 Å². The number of benzene rings is 1. The van der Waals surface area contributed by atoms with Crippen molar-refractivity contribution in [3.05, 3.63) is 23.8 Å². The molecule has 3 heteroatoms. The standard InChI is InChI=1S/C14H19NO2/c1-9-6-14(7-9)8-12(15)11-4-3-10(16-2)5-13(11)17-14/h3-5,9,12H,6-8,15H2,1-2H3/t9?,12-,14?/m1/s1. The van der Waals surface area contributed by atoms with Gasteiger partial charge < -0.3 is 15.2 Å². The van der Waals surface area contributed by atoms with Gasteiger partial charge in [0.05, 0.1) is 7.11 Å². The van der Waals surface area contributed by atoms with Crippen LogP contribution >= 0.6 is 0 Å². The highest BCUT2D eigenvalue weighted by molar-refractivity contribution is 5.44. The van der Waals surface area contributed by atoms with Crippen LogP contribution in [0.4, 0.5) is 0 Å². The van der Waals surface area contributed by atoms with Crippen LogP contribution in [0.3, 0.4) is 0 Å². The molecule has 0 amide bonds. The van der Waals surface area contributed by atoms with Crippen molar-refractivity contribution in [2.24, 2.45) is 11.7 Å². The summed E-state index contributed by atoms with van der Waals surface area (Å²) in [6.45, 7) is 2.27. The topological polar surface area (TPSA) is 44.5 Å². The number of hydrogen-bond donors (Lipinski definition) is 1. The average Bonchev–Trinajstić information content (AvgIpc) is 2.26. The van der Waals surface area contributed by atoms with Crippen molar-refractivity contribution in [2.75, 3.05) is 7.11 Å². The molecule has 0 unspecified atom stereocenters. The molecule has 0 bridgehead atoms. The van der Waals surface area contributed by atoms with Crippen LogP contribution in [0.25, 0.3) is 0 Å². The van der Waals surface area contributed by atoms with E-state index in [0.717, 1.165) is 42.2 Å². The lowest BCUT2D eigenvalue weighted by molar-refractivity contribution is -0.0658. The second kappa shape index (κ2) is 3.64. The van der Waals surface area contributed by atoms with Crippen molar-refractivity contribution in [1.82, 2.24) is 0 Å². The molecular weight excluding hydrogens is 214 g/mol. The Labute approximate surface area is 102 Å². The van der Waals surface area contributed by atoms with E-state index in [1.165, 1.54) is 0 Å². The Kier molecular flexibility index (Phi) is 2.33. The van der Waals surface area contributed by atoms with E-state index in [1.807, 2.05) is 18.2 Å². The van der Waals surface area contributed by atoms with Crippen LogP contribution in [0, 0.1) is 5.92 Å². The fourth-order valence-electron chi connectivity index (χ4n) is 3.28. The van der Waals surface area contributed by atoms with Gasteiger partial charge in [0, 0.05) is 24.1 Å². The van der Waals surface area contributed by atoms with Crippen LogP contribution in [-0.2, 0) is 0 Å². The van der Waals surface area contributed by atoms with Crippen LogP contribution in [0.1, 0.15) is 37.8 Å². The molecule has 3 nitrogen and oxygen atoms in total. The summed E-state index contributed by atoms with van der Waals surface area (Å²) in [4.78, 5) is 0. The highest BCUT2D eigenvalue weighted by Crippen LogP contribution is 2.51. The first kappa shape index (κ1) is 10.9. The quantitative estimate of drug-likeness (QED) is 0.811. The zero-order valence-corrected chi connectivity index (χ0v) is 10.4. The molecule has 92 valence electrons. The van der Waals surface area contributed by atoms with E-state index >= 15 is 0 Å². The molecule has 1 aromatic carbocycles. The first-order chi connectivity index (χ1) is 8.12. The maximum atomic E-state index is 6.25. The second-order valence-electron chi connectivity index (χ2n) is 5.51. The third-order valence-electron chi connectivity index (χ3n) is 3.98. The fourth-order valence-corrected chi connectivity index (χ4v) is 3.28. The Morgan fingerprint density at radius 3 is 2.76 bits per heavy atom. The summed E-state index contributed by atoms with van der Waals surface area (Å²) < 4.78 is 11.4. The van der Waals surface area contributed by atoms with Gasteiger partial charge >= 0.3 is 0 Å². The van der Waals surface area contributed by atoms with E-state index in [0.29, 0.717) is 0 Å². The van der Waals surface area contributed by atoms with E-state index in [9.17, 15) is 0 Å². The lowest BCUT2D eigenvalue weighted by Gasteiger charge is -2.50. The summed E-state index contributed by atoms with van der Waals surface area (Å²) >= 11 is 0. The number of nitrogens with two attached hydrogens (primary N) is 1. The van der Waals surface area contributed by atoms with E-state index in [2.05, 4.69) is 6.92 Å². The van der Waals surface area contributed by atoms with E-state index in [1.54, 1.807) is 7.11 Å². The first-order valence-corrected chi connectivity index (χ1v) is 6.24. The van der Waals surface area contributed by atoms with Gasteiger partial charge in [0.25, 0.3) is 0 Å². The van der Waals surface area contributed by atoms with Crippen LogP contribution in [0.2, 0.25) is 0 Å². The van der Waals surface area contributed by atoms with Crippen LogP contribution in [0.5, 0.6) is 11.5 Å². The predicted octanol–water partition coefficient (Wildman–Crippen LogP) is 2.65. The average molecular weight is 233 g/mol. The molecular formula is C14H19NO2. The number of hydrogen-bond acceptors (Lipinski definition) is 3. The van der Waals surface area contributed by atoms with Crippen molar-refractivity contribution in [1.29, 1.82) is 0 Å². The lowest BCUT2D eigenvalue weighted by Crippen LogP contribution is -2.52. The molecule has 1 spiro atoms. The molecule has 0 radical (unpaired) electrons. The van der Waals surface area contributed by atoms with Crippen molar-refractivity contribution in [2.45, 2.75) is 37.8 Å². The van der Waals surface area contributed by atoms with Crippen molar-refractivity contribution >= 4 is 0 Å². The zero-order valence-electron chi connectivity index (χ0n) is 10.4. The minimum absolute atomic E-state index is 0.00179. The van der Waals surface area contributed by atoms with Crippen molar-refractivity contribution < 1.29 is 9.47 Å². The van der Waals surface area contributed by atoms with Crippen LogP contribution < -0.4 is 15.2 Å². The number of methoxy groups -OCH3 is 1. The number of rotatable bonds is 1. The summed E-state index contributed by atoms with van der Waals surface area (Å²) in [5, 5.41) is 0. The maximum Gasteiger partial charge on any atom is 0.128 e. The minimum atomic E-state index is -0.00179. The Hall–Kier alpha value is -1.22. The first-order valence-electron chi connectivity index (χ1n) is 6.24. The van der Waals surface area contributed by atoms with Crippen LogP contribution in [0.15, 0.2) is 18.2 Å². The van der Waals surface area contributed by atoms with Gasteiger partial charge in [0.15, 0.2) is 0 Å². The predicted molar refractivity (Wildman–Crippen MR) is 66.3 cm³/mol. The summed E-state index contributed by atoms with van der Waals surface area (Å²) in [6, 6.07) is 6.02. The third-order valence-corrected chi connectivity index (χ3v) is 3.98. The van der Waals surface area contributed by atoms with E-state index in [4.69, 9.17) is 15.2 Å². The van der Waals surface area contributed by atoms with E-state index < -0.39 is 0 Å². The van der Waals surface area contributed by atoms with E-state index in [-0.39, 0.29) is 11.6 Å². The second-order valence-corrected chi connectivity index (χ2v) is 5.51. The molecule has 2 aliphatic rings. The van der Waals surface area contributed by atoms with Gasteiger partial charge in [-0.05, 0) is 24.8 Å². The molecule has 1 aliphatic heterocycles. The highest BCUT2D eigenvalue weighted by atomic mass is 16.5. The van der Waals surface area contributed by atoms with Gasteiger partial charge in [-0.1, -0.05) is 13.0 Å². The fraction of sp³-hybridized carbons (Fsp3) is 0.571. The van der Waals surface area contributed by atoms with Crippen molar-refractivity contribution in [3.8, 4) is 11.5 Å². The van der Waals surface area contributed by atoms with Crippen molar-refractivity contribution in [3.63, 3.8) is 0 Å².